The van der Waals surface area contributed by atoms with E-state index in [1.165, 1.54) is 18.2 Å². The van der Waals surface area contributed by atoms with Gasteiger partial charge < -0.3 is 4.74 Å². The molecule has 0 radical (unpaired) electrons. The van der Waals surface area contributed by atoms with Crippen molar-refractivity contribution in [2.75, 3.05) is 17.7 Å². The van der Waals surface area contributed by atoms with Gasteiger partial charge in [0.15, 0.2) is 9.84 Å². The molecule has 2 rings (SSSR count). The summed E-state index contributed by atoms with van der Waals surface area (Å²) >= 11 is 1.07. The first-order valence-electron chi connectivity index (χ1n) is 5.70. The van der Waals surface area contributed by atoms with Crippen LogP contribution in [0.4, 0.5) is 18.3 Å². The Balaban J connectivity index is 2.35. The van der Waals surface area contributed by atoms with Gasteiger partial charge in [-0.15, -0.1) is 13.2 Å². The summed E-state index contributed by atoms with van der Waals surface area (Å²) in [6.45, 7) is 0.143. The van der Waals surface area contributed by atoms with Crippen LogP contribution in [0.1, 0.15) is 0 Å². The van der Waals surface area contributed by atoms with Crippen molar-refractivity contribution in [3.8, 4) is 5.75 Å². The van der Waals surface area contributed by atoms with Crippen molar-refractivity contribution in [3.05, 3.63) is 18.2 Å². The highest BCUT2D eigenvalue weighted by molar-refractivity contribution is 7.90. The molecule has 116 valence electrons. The molecule has 10 heteroatoms. The Morgan fingerprint density at radius 2 is 2.05 bits per heavy atom. The Kier molecular flexibility index (Phi) is 4.02. The van der Waals surface area contributed by atoms with Gasteiger partial charge in [-0.1, -0.05) is 0 Å². The zero-order valence-corrected chi connectivity index (χ0v) is 12.5. The number of hydrogen-bond acceptors (Lipinski definition) is 5. The SMILES string of the molecule is CS(=O)(=O)CC[n+]1c(N)sc2cc(OC(F)(F)F)ccc21. The van der Waals surface area contributed by atoms with Crippen LogP contribution >= 0.6 is 11.3 Å². The van der Waals surface area contributed by atoms with Crippen molar-refractivity contribution in [1.82, 2.24) is 0 Å². The second-order valence-corrected chi connectivity index (χ2v) is 7.72. The van der Waals surface area contributed by atoms with Gasteiger partial charge in [-0.3, -0.25) is 5.73 Å². The molecule has 0 aliphatic heterocycles. The van der Waals surface area contributed by atoms with E-state index in [2.05, 4.69) is 4.74 Å². The van der Waals surface area contributed by atoms with Crippen molar-refractivity contribution in [1.29, 1.82) is 0 Å². The molecular weight excluding hydrogens is 329 g/mol. The highest BCUT2D eigenvalue weighted by atomic mass is 32.2. The summed E-state index contributed by atoms with van der Waals surface area (Å²) in [6, 6.07) is 3.81. The Bertz CT molecular complexity index is 769. The summed E-state index contributed by atoms with van der Waals surface area (Å²) in [6.07, 6.45) is -3.66. The molecule has 0 atom stereocenters. The maximum atomic E-state index is 12.2. The lowest BCUT2D eigenvalue weighted by molar-refractivity contribution is -0.648. The molecule has 21 heavy (non-hydrogen) atoms. The molecule has 0 aliphatic carbocycles. The van der Waals surface area contributed by atoms with Crippen LogP contribution in [0.25, 0.3) is 10.2 Å². The topological polar surface area (TPSA) is 73.3 Å². The van der Waals surface area contributed by atoms with Crippen LogP contribution in [0, 0.1) is 0 Å². The maximum Gasteiger partial charge on any atom is 0.573 e. The number of fused-ring (bicyclic) bond motifs is 1. The van der Waals surface area contributed by atoms with Gasteiger partial charge in [0.1, 0.15) is 17.8 Å². The average molecular weight is 341 g/mol. The van der Waals surface area contributed by atoms with Gasteiger partial charge in [0.05, 0.1) is 10.5 Å². The molecule has 0 saturated carbocycles. The zero-order valence-electron chi connectivity index (χ0n) is 10.8. The van der Waals surface area contributed by atoms with Crippen LogP contribution < -0.4 is 15.0 Å². The minimum Gasteiger partial charge on any atom is -0.406 e. The predicted molar refractivity (Wildman–Crippen MR) is 72.8 cm³/mol. The second kappa shape index (κ2) is 5.34. The quantitative estimate of drug-likeness (QED) is 0.860. The Morgan fingerprint density at radius 3 is 2.62 bits per heavy atom. The number of nitrogens with zero attached hydrogens (tertiary/aromatic N) is 1. The van der Waals surface area contributed by atoms with Crippen molar-refractivity contribution in [2.45, 2.75) is 12.9 Å². The van der Waals surface area contributed by atoms with Crippen molar-refractivity contribution in [3.63, 3.8) is 0 Å². The standard InChI is InChI=1S/C11H11F3N2O3S2/c1-21(17,18)5-4-16-8-3-2-7(19-11(12,13)14)6-9(8)20-10(16)15/h2-3,6,15H,4-5H2,1H3/p+1. The second-order valence-electron chi connectivity index (χ2n) is 4.40. The fourth-order valence-corrected chi connectivity index (χ4v) is 3.27. The van der Waals surface area contributed by atoms with Crippen LogP contribution in [0.15, 0.2) is 18.2 Å². The van der Waals surface area contributed by atoms with E-state index >= 15 is 0 Å². The number of aryl methyl sites for hydroxylation is 1. The van der Waals surface area contributed by atoms with E-state index < -0.39 is 16.2 Å². The Hall–Kier alpha value is -1.55. The van der Waals surface area contributed by atoms with E-state index in [1.54, 1.807) is 4.57 Å². The molecule has 0 saturated heterocycles. The van der Waals surface area contributed by atoms with E-state index in [1.807, 2.05) is 0 Å². The van der Waals surface area contributed by atoms with Gasteiger partial charge in [0.25, 0.3) is 0 Å². The zero-order chi connectivity index (χ0) is 15.8. The first-order chi connectivity index (χ1) is 9.55. The third kappa shape index (κ3) is 4.21. The van der Waals surface area contributed by atoms with E-state index in [0.717, 1.165) is 17.6 Å². The third-order valence-electron chi connectivity index (χ3n) is 2.62. The van der Waals surface area contributed by atoms with Crippen LogP contribution in [-0.2, 0) is 16.4 Å². The lowest BCUT2D eigenvalue weighted by Gasteiger charge is -2.08. The number of halogens is 3. The Morgan fingerprint density at radius 1 is 1.38 bits per heavy atom. The molecule has 2 aromatic rings. The van der Waals surface area contributed by atoms with Gasteiger partial charge in [0, 0.05) is 12.3 Å². The van der Waals surface area contributed by atoms with Crippen LogP contribution in [0.2, 0.25) is 0 Å². The Labute approximate surface area is 122 Å². The van der Waals surface area contributed by atoms with Crippen LogP contribution in [0.3, 0.4) is 0 Å². The number of anilines is 1. The molecule has 0 spiro atoms. The van der Waals surface area contributed by atoms with E-state index in [9.17, 15) is 21.6 Å². The summed E-state index contributed by atoms with van der Waals surface area (Å²) in [5.74, 6) is -0.444. The minimum absolute atomic E-state index is 0.103. The molecule has 0 unspecified atom stereocenters. The third-order valence-corrected chi connectivity index (χ3v) is 4.52. The molecule has 0 aliphatic rings. The van der Waals surface area contributed by atoms with Gasteiger partial charge in [-0.25, -0.2) is 13.0 Å². The molecule has 5 nitrogen and oxygen atoms in total. The largest absolute Gasteiger partial charge is 0.573 e. The first kappa shape index (κ1) is 15.8. The van der Waals surface area contributed by atoms with E-state index in [-0.39, 0.29) is 18.0 Å². The predicted octanol–water partition coefficient (Wildman–Crippen LogP) is 1.71. The van der Waals surface area contributed by atoms with Crippen LogP contribution in [0.5, 0.6) is 5.75 Å². The number of alkyl halides is 3. The van der Waals surface area contributed by atoms with Gasteiger partial charge in [-0.05, 0) is 23.5 Å². The summed E-state index contributed by atoms with van der Waals surface area (Å²) in [7, 11) is -3.16. The van der Waals surface area contributed by atoms with Gasteiger partial charge in [0.2, 0.25) is 0 Å². The number of nitrogen functional groups attached to an aromatic ring is 1. The molecule has 1 aromatic carbocycles. The molecule has 0 fully saturated rings. The lowest BCUT2D eigenvalue weighted by Crippen LogP contribution is -2.38. The summed E-state index contributed by atoms with van der Waals surface area (Å²) in [5, 5.41) is 0.317. The summed E-state index contributed by atoms with van der Waals surface area (Å²) in [4.78, 5) is 0. The van der Waals surface area contributed by atoms with Gasteiger partial charge in [-0.2, -0.15) is 0 Å². The molecular formula is C11H12F3N2O3S2+. The van der Waals surface area contributed by atoms with Crippen molar-refractivity contribution in [2.24, 2.45) is 0 Å². The van der Waals surface area contributed by atoms with E-state index in [4.69, 9.17) is 5.73 Å². The fourth-order valence-electron chi connectivity index (χ4n) is 1.77. The van der Waals surface area contributed by atoms with Crippen molar-refractivity contribution >= 4 is 36.5 Å². The highest BCUT2D eigenvalue weighted by Crippen LogP contribution is 2.29. The lowest BCUT2D eigenvalue weighted by atomic mass is 10.3. The summed E-state index contributed by atoms with van der Waals surface area (Å²) < 4.78 is 64.7. The summed E-state index contributed by atoms with van der Waals surface area (Å²) in [5.41, 5.74) is 6.35. The number of nitrogens with two attached hydrogens (primary N) is 1. The number of aromatic nitrogens is 1. The molecule has 0 bridgehead atoms. The first-order valence-corrected chi connectivity index (χ1v) is 8.58. The monoisotopic (exact) mass is 341 g/mol. The average Bonchev–Trinajstić information content (AvgIpc) is 2.58. The van der Waals surface area contributed by atoms with Gasteiger partial charge >= 0.3 is 11.5 Å². The number of thiazole rings is 1. The minimum atomic E-state index is -4.76. The molecule has 1 heterocycles. The normalized spacial score (nSPS) is 12.8. The maximum absolute atomic E-state index is 12.2. The van der Waals surface area contributed by atoms with E-state index in [0.29, 0.717) is 15.3 Å². The number of sulfone groups is 1. The number of benzene rings is 1. The highest BCUT2D eigenvalue weighted by Gasteiger charge is 2.31. The van der Waals surface area contributed by atoms with Crippen molar-refractivity contribution < 1.29 is 30.9 Å². The van der Waals surface area contributed by atoms with Crippen LogP contribution in [-0.4, -0.2) is 26.8 Å². The number of rotatable bonds is 4. The number of ether oxygens (including phenoxy) is 1. The fraction of sp³-hybridized carbons (Fsp3) is 0.364. The number of hydrogen-bond donors (Lipinski definition) is 1. The molecule has 0 amide bonds. The smallest absolute Gasteiger partial charge is 0.406 e. The molecule has 2 N–H and O–H groups in total. The molecule has 1 aromatic heterocycles.